The van der Waals surface area contributed by atoms with E-state index in [0.29, 0.717) is 25.9 Å². The molecule has 22 heavy (non-hydrogen) atoms. The van der Waals surface area contributed by atoms with E-state index in [1.54, 1.807) is 7.05 Å². The number of carbonyl (C=O) groups excluding carboxylic acids is 3. The molecule has 6 nitrogen and oxygen atoms in total. The van der Waals surface area contributed by atoms with Gasteiger partial charge in [0.2, 0.25) is 11.8 Å². The van der Waals surface area contributed by atoms with E-state index in [2.05, 4.69) is 5.32 Å². The van der Waals surface area contributed by atoms with E-state index in [4.69, 9.17) is 5.73 Å². The zero-order valence-corrected chi connectivity index (χ0v) is 15.4. The van der Waals surface area contributed by atoms with Crippen LogP contribution in [0.3, 0.4) is 0 Å². The van der Waals surface area contributed by atoms with E-state index in [-0.39, 0.29) is 24.0 Å². The fourth-order valence-electron chi connectivity index (χ4n) is 1.56. The molecule has 0 saturated heterocycles. The summed E-state index contributed by atoms with van der Waals surface area (Å²) in [5, 5.41) is 2.61. The molecule has 1 unspecified atom stereocenters. The van der Waals surface area contributed by atoms with Crippen LogP contribution in [0.4, 0.5) is 0 Å². The van der Waals surface area contributed by atoms with Crippen LogP contribution in [-0.2, 0) is 14.4 Å². The molecular weight excluding hydrogens is 282 g/mol. The smallest absolute Gasteiger partial charge is 0.243 e. The largest absolute Gasteiger partial charge is 0.353 e. The average molecular weight is 317 g/mol. The Balaban J connectivity index is -0.000000826. The van der Waals surface area contributed by atoms with Gasteiger partial charge in [0.15, 0.2) is 0 Å². The molecule has 0 fully saturated rings. The third kappa shape index (κ3) is 12.3. The number of nitrogens with one attached hydrogen (secondary N) is 1. The van der Waals surface area contributed by atoms with Crippen LogP contribution in [-0.4, -0.2) is 48.7 Å². The van der Waals surface area contributed by atoms with Crippen LogP contribution in [0, 0.1) is 0 Å². The Labute approximate surface area is 135 Å². The van der Waals surface area contributed by atoms with Gasteiger partial charge in [-0.15, -0.1) is 0 Å². The number of rotatable bonds is 8. The van der Waals surface area contributed by atoms with Gasteiger partial charge in [-0.3, -0.25) is 14.4 Å². The standard InChI is InChI=1S/C12H23N3O3.2C2H6/c1-4-5-11(17)15(3)10(8-9(2)16)12(18)14-7-6-13;2*1-2/h10H,4-8,13H2,1-3H3,(H,14,18);2*1-2H3. The Hall–Kier alpha value is -1.43. The first-order valence-electron chi connectivity index (χ1n) is 8.16. The molecule has 0 radical (unpaired) electrons. The topological polar surface area (TPSA) is 92.5 Å². The molecule has 3 N–H and O–H groups in total. The highest BCUT2D eigenvalue weighted by molar-refractivity contribution is 5.91. The van der Waals surface area contributed by atoms with Crippen molar-refractivity contribution in [2.24, 2.45) is 5.73 Å². The van der Waals surface area contributed by atoms with Crippen molar-refractivity contribution in [1.82, 2.24) is 10.2 Å². The Morgan fingerprint density at radius 2 is 1.64 bits per heavy atom. The van der Waals surface area contributed by atoms with Crippen molar-refractivity contribution >= 4 is 17.6 Å². The average Bonchev–Trinajstić information content (AvgIpc) is 2.53. The zero-order valence-electron chi connectivity index (χ0n) is 15.4. The summed E-state index contributed by atoms with van der Waals surface area (Å²) in [6.07, 6.45) is 1.11. The number of nitrogens with zero attached hydrogens (tertiary/aromatic N) is 1. The SMILES string of the molecule is CC.CC.CCCC(=O)N(C)C(CC(C)=O)C(=O)NCCN. The summed E-state index contributed by atoms with van der Waals surface area (Å²) in [6.45, 7) is 12.0. The highest BCUT2D eigenvalue weighted by atomic mass is 16.2. The van der Waals surface area contributed by atoms with Crippen molar-refractivity contribution in [1.29, 1.82) is 0 Å². The van der Waals surface area contributed by atoms with Gasteiger partial charge in [0.25, 0.3) is 0 Å². The summed E-state index contributed by atoms with van der Waals surface area (Å²) in [7, 11) is 1.55. The second-order valence-electron chi connectivity index (χ2n) is 4.26. The predicted octanol–water partition coefficient (Wildman–Crippen LogP) is 1.72. The number of amides is 2. The maximum absolute atomic E-state index is 11.9. The van der Waals surface area contributed by atoms with Crippen LogP contribution < -0.4 is 11.1 Å². The minimum Gasteiger partial charge on any atom is -0.353 e. The molecule has 0 rings (SSSR count). The van der Waals surface area contributed by atoms with E-state index in [0.717, 1.165) is 0 Å². The van der Waals surface area contributed by atoms with Crippen molar-refractivity contribution in [3.05, 3.63) is 0 Å². The fourth-order valence-corrected chi connectivity index (χ4v) is 1.56. The molecule has 1 atom stereocenters. The maximum Gasteiger partial charge on any atom is 0.243 e. The number of likely N-dealkylation sites (N-methyl/N-ethyl adjacent to an activating group) is 1. The second kappa shape index (κ2) is 17.6. The van der Waals surface area contributed by atoms with Gasteiger partial charge in [-0.1, -0.05) is 34.6 Å². The molecular formula is C16H35N3O3. The molecule has 0 aromatic carbocycles. The monoisotopic (exact) mass is 317 g/mol. The van der Waals surface area contributed by atoms with Crippen molar-refractivity contribution in [3.8, 4) is 0 Å². The predicted molar refractivity (Wildman–Crippen MR) is 91.5 cm³/mol. The third-order valence-electron chi connectivity index (χ3n) is 2.55. The van der Waals surface area contributed by atoms with Gasteiger partial charge in [-0.2, -0.15) is 0 Å². The van der Waals surface area contributed by atoms with Gasteiger partial charge >= 0.3 is 0 Å². The molecule has 0 aliphatic rings. The molecule has 0 aromatic rings. The van der Waals surface area contributed by atoms with Gasteiger partial charge in [0.05, 0.1) is 0 Å². The number of Topliss-reactive ketones (excluding diaryl/α,β-unsaturated/α-hetero) is 1. The highest BCUT2D eigenvalue weighted by Gasteiger charge is 2.27. The van der Waals surface area contributed by atoms with Crippen molar-refractivity contribution < 1.29 is 14.4 Å². The molecule has 132 valence electrons. The lowest BCUT2D eigenvalue weighted by atomic mass is 10.1. The molecule has 0 aliphatic heterocycles. The quantitative estimate of drug-likeness (QED) is 0.713. The first kappa shape index (κ1) is 25.5. The maximum atomic E-state index is 11.9. The normalized spacial score (nSPS) is 10.2. The summed E-state index contributed by atoms with van der Waals surface area (Å²) >= 11 is 0. The minimum atomic E-state index is -0.743. The van der Waals surface area contributed by atoms with Crippen LogP contribution in [0.25, 0.3) is 0 Å². The van der Waals surface area contributed by atoms with Crippen molar-refractivity contribution in [2.75, 3.05) is 20.1 Å². The molecule has 0 spiro atoms. The van der Waals surface area contributed by atoms with Crippen LogP contribution in [0.1, 0.15) is 60.8 Å². The molecule has 0 heterocycles. The summed E-state index contributed by atoms with van der Waals surface area (Å²) < 4.78 is 0. The Kier molecular flexibility index (Phi) is 20.4. The van der Waals surface area contributed by atoms with E-state index in [9.17, 15) is 14.4 Å². The Morgan fingerprint density at radius 3 is 2.00 bits per heavy atom. The van der Waals surface area contributed by atoms with Gasteiger partial charge < -0.3 is 16.0 Å². The Bertz CT molecular complexity index is 307. The van der Waals surface area contributed by atoms with E-state index in [1.165, 1.54) is 11.8 Å². The number of nitrogens with two attached hydrogens (primary N) is 1. The van der Waals surface area contributed by atoms with Crippen LogP contribution >= 0.6 is 0 Å². The lowest BCUT2D eigenvalue weighted by Gasteiger charge is -2.26. The summed E-state index contributed by atoms with van der Waals surface area (Å²) in [5.41, 5.74) is 5.30. The molecule has 6 heteroatoms. The lowest BCUT2D eigenvalue weighted by molar-refractivity contribution is -0.140. The molecule has 0 aromatic heterocycles. The summed E-state index contributed by atoms with van der Waals surface area (Å²) in [6, 6.07) is -0.743. The minimum absolute atomic E-state index is 0.0301. The number of carbonyl (C=O) groups is 3. The van der Waals surface area contributed by atoms with Crippen LogP contribution in [0.5, 0.6) is 0 Å². The van der Waals surface area contributed by atoms with E-state index < -0.39 is 6.04 Å². The number of ketones is 1. The number of hydrogen-bond acceptors (Lipinski definition) is 4. The molecule has 2 amide bonds. The second-order valence-corrected chi connectivity index (χ2v) is 4.26. The van der Waals surface area contributed by atoms with Crippen molar-refractivity contribution in [2.45, 2.75) is 66.8 Å². The van der Waals surface area contributed by atoms with Crippen molar-refractivity contribution in [3.63, 3.8) is 0 Å². The first-order chi connectivity index (χ1) is 10.4. The number of hydrogen-bond donors (Lipinski definition) is 2. The Morgan fingerprint density at radius 1 is 1.14 bits per heavy atom. The van der Waals surface area contributed by atoms with Gasteiger partial charge in [-0.25, -0.2) is 0 Å². The summed E-state index contributed by atoms with van der Waals surface area (Å²) in [5.74, 6) is -0.590. The van der Waals surface area contributed by atoms with Crippen LogP contribution in [0.2, 0.25) is 0 Å². The molecule has 0 aliphatic carbocycles. The highest BCUT2D eigenvalue weighted by Crippen LogP contribution is 2.07. The van der Waals surface area contributed by atoms with Gasteiger partial charge in [0, 0.05) is 33.0 Å². The third-order valence-corrected chi connectivity index (χ3v) is 2.55. The molecule has 0 saturated carbocycles. The van der Waals surface area contributed by atoms with Gasteiger partial charge in [-0.05, 0) is 13.3 Å². The van der Waals surface area contributed by atoms with E-state index >= 15 is 0 Å². The zero-order chi connectivity index (χ0) is 18.1. The summed E-state index contributed by atoms with van der Waals surface area (Å²) in [4.78, 5) is 36.1. The van der Waals surface area contributed by atoms with Crippen LogP contribution in [0.15, 0.2) is 0 Å². The molecule has 0 bridgehead atoms. The first-order valence-corrected chi connectivity index (χ1v) is 8.16. The van der Waals surface area contributed by atoms with Gasteiger partial charge in [0.1, 0.15) is 11.8 Å². The fraction of sp³-hybridized carbons (Fsp3) is 0.812. The lowest BCUT2D eigenvalue weighted by Crippen LogP contribution is -2.49. The van der Waals surface area contributed by atoms with E-state index in [1.807, 2.05) is 34.6 Å².